The molecule has 1 heterocycles. The van der Waals surface area contributed by atoms with Gasteiger partial charge in [-0.2, -0.15) is 0 Å². The fraction of sp³-hybridized carbons (Fsp3) is 0.294. The third kappa shape index (κ3) is 4.68. The van der Waals surface area contributed by atoms with Gasteiger partial charge in [0, 0.05) is 30.9 Å². The Kier molecular flexibility index (Phi) is 5.46. The molecule has 1 atom stereocenters. The number of aromatic nitrogens is 1. The Morgan fingerprint density at radius 1 is 1.19 bits per heavy atom. The predicted octanol–water partition coefficient (Wildman–Crippen LogP) is 3.28. The Hall–Kier alpha value is -2.20. The van der Waals surface area contributed by atoms with E-state index in [-0.39, 0.29) is 11.9 Å². The number of amides is 1. The minimum atomic E-state index is 0.0316. The molecule has 1 amide bonds. The molecule has 1 aromatic heterocycles. The number of nitrogens with zero attached hydrogens (tertiary/aromatic N) is 1. The highest BCUT2D eigenvalue weighted by Crippen LogP contribution is 2.16. The maximum atomic E-state index is 11.3. The smallest absolute Gasteiger partial charge is 0.224 e. The molecule has 2 rings (SSSR count). The summed E-state index contributed by atoms with van der Waals surface area (Å²) < 4.78 is 0. The van der Waals surface area contributed by atoms with Gasteiger partial charge in [-0.15, -0.1) is 0 Å². The summed E-state index contributed by atoms with van der Waals surface area (Å²) in [6.45, 7) is 4.69. The second kappa shape index (κ2) is 7.55. The number of carbonyl (C=O) groups excluding carboxylic acids is 1. The Balaban J connectivity index is 1.90. The summed E-state index contributed by atoms with van der Waals surface area (Å²) in [4.78, 5) is 15.6. The number of rotatable bonds is 6. The van der Waals surface area contributed by atoms with Crippen molar-refractivity contribution < 1.29 is 4.79 Å². The molecule has 110 valence electrons. The van der Waals surface area contributed by atoms with E-state index in [1.165, 1.54) is 5.56 Å². The molecule has 0 spiro atoms. The minimum Gasteiger partial charge on any atom is -0.326 e. The molecule has 2 aromatic rings. The van der Waals surface area contributed by atoms with Crippen LogP contribution in [0.2, 0.25) is 0 Å². The number of benzene rings is 1. The lowest BCUT2D eigenvalue weighted by atomic mass is 10.1. The van der Waals surface area contributed by atoms with E-state index in [1.807, 2.05) is 49.4 Å². The molecule has 21 heavy (non-hydrogen) atoms. The van der Waals surface area contributed by atoms with Crippen LogP contribution in [0.3, 0.4) is 0 Å². The zero-order valence-corrected chi connectivity index (χ0v) is 12.5. The second-order valence-corrected chi connectivity index (χ2v) is 4.95. The molecule has 0 fully saturated rings. The number of nitrogens with one attached hydrogen (secondary N) is 2. The van der Waals surface area contributed by atoms with Crippen LogP contribution < -0.4 is 10.6 Å². The van der Waals surface area contributed by atoms with Gasteiger partial charge in [0.15, 0.2) is 0 Å². The lowest BCUT2D eigenvalue weighted by Gasteiger charge is -2.14. The molecular weight excluding hydrogens is 262 g/mol. The molecule has 2 N–H and O–H groups in total. The molecule has 0 saturated heterocycles. The topological polar surface area (TPSA) is 54.0 Å². The van der Waals surface area contributed by atoms with Crippen LogP contribution in [0.25, 0.3) is 0 Å². The average Bonchev–Trinajstić information content (AvgIpc) is 2.54. The Labute approximate surface area is 125 Å². The van der Waals surface area contributed by atoms with Crippen molar-refractivity contribution in [3.8, 4) is 0 Å². The first-order valence-corrected chi connectivity index (χ1v) is 7.22. The molecular formula is C17H21N3O. The lowest BCUT2D eigenvalue weighted by molar-refractivity contribution is -0.115. The maximum Gasteiger partial charge on any atom is 0.224 e. The molecule has 1 aromatic carbocycles. The van der Waals surface area contributed by atoms with Crippen molar-refractivity contribution in [1.82, 2.24) is 10.3 Å². The van der Waals surface area contributed by atoms with E-state index in [4.69, 9.17) is 0 Å². The highest BCUT2D eigenvalue weighted by Gasteiger charge is 2.06. The second-order valence-electron chi connectivity index (χ2n) is 4.95. The first-order chi connectivity index (χ1) is 10.2. The normalized spacial score (nSPS) is 11.9. The molecule has 0 unspecified atom stereocenters. The molecule has 0 aliphatic heterocycles. The molecule has 0 radical (unpaired) electrons. The molecule has 0 bridgehead atoms. The maximum absolute atomic E-state index is 11.3. The Bertz CT molecular complexity index is 566. The van der Waals surface area contributed by atoms with E-state index < -0.39 is 0 Å². The van der Waals surface area contributed by atoms with E-state index in [0.717, 1.165) is 17.9 Å². The van der Waals surface area contributed by atoms with E-state index in [9.17, 15) is 4.79 Å². The standard InChI is InChI=1S/C17H21N3O/c1-3-17(21)20-15-9-7-14(8-10-15)13(2)19-12-16-6-4-5-11-18-16/h4-11,13,19H,3,12H2,1-2H3,(H,20,21)/t13-/m1/s1. The van der Waals surface area contributed by atoms with Crippen LogP contribution in [-0.2, 0) is 11.3 Å². The first kappa shape index (κ1) is 15.2. The fourth-order valence-corrected chi connectivity index (χ4v) is 1.98. The summed E-state index contributed by atoms with van der Waals surface area (Å²) in [7, 11) is 0. The van der Waals surface area contributed by atoms with Crippen molar-refractivity contribution in [3.05, 3.63) is 59.9 Å². The minimum absolute atomic E-state index is 0.0316. The van der Waals surface area contributed by atoms with Gasteiger partial charge in [0.25, 0.3) is 0 Å². The van der Waals surface area contributed by atoms with Gasteiger partial charge in [0.2, 0.25) is 5.91 Å². The summed E-state index contributed by atoms with van der Waals surface area (Å²) >= 11 is 0. The number of pyridine rings is 1. The Morgan fingerprint density at radius 2 is 1.95 bits per heavy atom. The molecule has 0 aliphatic rings. The summed E-state index contributed by atoms with van der Waals surface area (Å²) in [5.74, 6) is 0.0316. The van der Waals surface area contributed by atoms with E-state index in [0.29, 0.717) is 6.42 Å². The SMILES string of the molecule is CCC(=O)Nc1ccc([C@@H](C)NCc2ccccn2)cc1. The number of anilines is 1. The van der Waals surface area contributed by atoms with Crippen LogP contribution in [-0.4, -0.2) is 10.9 Å². The monoisotopic (exact) mass is 283 g/mol. The Morgan fingerprint density at radius 3 is 2.57 bits per heavy atom. The summed E-state index contributed by atoms with van der Waals surface area (Å²) in [6.07, 6.45) is 2.29. The molecule has 0 aliphatic carbocycles. The highest BCUT2D eigenvalue weighted by atomic mass is 16.1. The van der Waals surface area contributed by atoms with Gasteiger partial charge in [0.1, 0.15) is 0 Å². The van der Waals surface area contributed by atoms with Gasteiger partial charge >= 0.3 is 0 Å². The predicted molar refractivity (Wildman–Crippen MR) is 84.9 cm³/mol. The van der Waals surface area contributed by atoms with Crippen molar-refractivity contribution in [1.29, 1.82) is 0 Å². The van der Waals surface area contributed by atoms with Crippen LogP contribution in [0, 0.1) is 0 Å². The van der Waals surface area contributed by atoms with Gasteiger partial charge in [-0.05, 0) is 36.8 Å². The van der Waals surface area contributed by atoms with Gasteiger partial charge in [-0.1, -0.05) is 25.1 Å². The van der Waals surface area contributed by atoms with Crippen molar-refractivity contribution in [2.24, 2.45) is 0 Å². The van der Waals surface area contributed by atoms with Crippen molar-refractivity contribution in [2.75, 3.05) is 5.32 Å². The highest BCUT2D eigenvalue weighted by molar-refractivity contribution is 5.90. The average molecular weight is 283 g/mol. The van der Waals surface area contributed by atoms with Crippen LogP contribution in [0.15, 0.2) is 48.7 Å². The first-order valence-electron chi connectivity index (χ1n) is 7.22. The van der Waals surface area contributed by atoms with E-state index in [1.54, 1.807) is 6.20 Å². The largest absolute Gasteiger partial charge is 0.326 e. The van der Waals surface area contributed by atoms with Crippen LogP contribution in [0.4, 0.5) is 5.69 Å². The van der Waals surface area contributed by atoms with Gasteiger partial charge < -0.3 is 10.6 Å². The van der Waals surface area contributed by atoms with Crippen LogP contribution in [0.1, 0.15) is 37.6 Å². The van der Waals surface area contributed by atoms with E-state index >= 15 is 0 Å². The number of carbonyl (C=O) groups is 1. The number of hydrogen-bond acceptors (Lipinski definition) is 3. The van der Waals surface area contributed by atoms with Gasteiger partial charge in [0.05, 0.1) is 5.69 Å². The van der Waals surface area contributed by atoms with Crippen molar-refractivity contribution >= 4 is 11.6 Å². The lowest BCUT2D eigenvalue weighted by Crippen LogP contribution is -2.18. The number of hydrogen-bond donors (Lipinski definition) is 2. The summed E-state index contributed by atoms with van der Waals surface area (Å²) in [6, 6.07) is 14.0. The zero-order valence-electron chi connectivity index (χ0n) is 12.5. The van der Waals surface area contributed by atoms with Crippen LogP contribution >= 0.6 is 0 Å². The van der Waals surface area contributed by atoms with E-state index in [2.05, 4.69) is 22.5 Å². The fourth-order valence-electron chi connectivity index (χ4n) is 1.98. The van der Waals surface area contributed by atoms with Gasteiger partial charge in [-0.3, -0.25) is 9.78 Å². The molecule has 0 saturated carbocycles. The molecule has 4 nitrogen and oxygen atoms in total. The third-order valence-electron chi connectivity index (χ3n) is 3.33. The molecule has 4 heteroatoms. The van der Waals surface area contributed by atoms with Crippen molar-refractivity contribution in [3.63, 3.8) is 0 Å². The van der Waals surface area contributed by atoms with Crippen molar-refractivity contribution in [2.45, 2.75) is 32.9 Å². The summed E-state index contributed by atoms with van der Waals surface area (Å²) in [5.41, 5.74) is 3.04. The quantitative estimate of drug-likeness (QED) is 0.855. The third-order valence-corrected chi connectivity index (χ3v) is 3.33. The zero-order chi connectivity index (χ0) is 15.1. The van der Waals surface area contributed by atoms with Crippen LogP contribution in [0.5, 0.6) is 0 Å². The van der Waals surface area contributed by atoms with Gasteiger partial charge in [-0.25, -0.2) is 0 Å². The summed E-state index contributed by atoms with van der Waals surface area (Å²) in [5, 5.41) is 6.28.